The fourth-order valence-corrected chi connectivity index (χ4v) is 3.69. The van der Waals surface area contributed by atoms with Gasteiger partial charge >= 0.3 is 0 Å². The second-order valence-electron chi connectivity index (χ2n) is 6.70. The first-order valence-corrected chi connectivity index (χ1v) is 8.40. The van der Waals surface area contributed by atoms with E-state index >= 15 is 0 Å². The topological polar surface area (TPSA) is 54.1 Å². The molecule has 1 aliphatic heterocycles. The molecule has 5 rings (SSSR count). The van der Waals surface area contributed by atoms with Crippen molar-refractivity contribution in [3.8, 4) is 5.75 Å². The molecular formula is C20H18N2O2. The van der Waals surface area contributed by atoms with Gasteiger partial charge in [0.1, 0.15) is 5.75 Å². The van der Waals surface area contributed by atoms with E-state index in [1.165, 1.54) is 5.56 Å². The van der Waals surface area contributed by atoms with E-state index in [0.717, 1.165) is 53.8 Å². The lowest BCUT2D eigenvalue weighted by Gasteiger charge is -2.17. The van der Waals surface area contributed by atoms with Crippen LogP contribution in [0.3, 0.4) is 0 Å². The van der Waals surface area contributed by atoms with Crippen LogP contribution in [0.1, 0.15) is 24.0 Å². The standard InChI is InChI=1S/C20H18N2O2/c23-19(22-17-3-1-2-16-15(17)6-10-21-16)20(8-9-20)14-4-5-18-13(12-14)7-11-24-18/h1-6,10,12,21H,7-9,11H2,(H,22,23). The molecule has 1 saturated carbocycles. The molecular weight excluding hydrogens is 300 g/mol. The fourth-order valence-electron chi connectivity index (χ4n) is 3.69. The Bertz CT molecular complexity index is 953. The van der Waals surface area contributed by atoms with Crippen LogP contribution in [0.4, 0.5) is 5.69 Å². The number of carbonyl (C=O) groups excluding carboxylic acids is 1. The van der Waals surface area contributed by atoms with Crippen LogP contribution in [0.2, 0.25) is 0 Å². The van der Waals surface area contributed by atoms with Crippen molar-refractivity contribution >= 4 is 22.5 Å². The molecule has 2 N–H and O–H groups in total. The lowest BCUT2D eigenvalue weighted by Crippen LogP contribution is -2.28. The predicted molar refractivity (Wildman–Crippen MR) is 93.5 cm³/mol. The first-order valence-electron chi connectivity index (χ1n) is 8.40. The molecule has 0 saturated heterocycles. The van der Waals surface area contributed by atoms with Gasteiger partial charge in [-0.05, 0) is 48.2 Å². The maximum atomic E-state index is 13.0. The lowest BCUT2D eigenvalue weighted by molar-refractivity contribution is -0.118. The van der Waals surface area contributed by atoms with Gasteiger partial charge < -0.3 is 15.0 Å². The summed E-state index contributed by atoms with van der Waals surface area (Å²) in [6.07, 6.45) is 4.64. The number of carbonyl (C=O) groups is 1. The Morgan fingerprint density at radius 1 is 1.17 bits per heavy atom. The predicted octanol–water partition coefficient (Wildman–Crippen LogP) is 3.77. The van der Waals surface area contributed by atoms with Gasteiger partial charge in [-0.1, -0.05) is 18.2 Å². The maximum Gasteiger partial charge on any atom is 0.235 e. The summed E-state index contributed by atoms with van der Waals surface area (Å²) >= 11 is 0. The van der Waals surface area contributed by atoms with Crippen LogP contribution in [0.5, 0.6) is 5.75 Å². The van der Waals surface area contributed by atoms with Gasteiger partial charge in [-0.25, -0.2) is 0 Å². The summed E-state index contributed by atoms with van der Waals surface area (Å²) in [4.78, 5) is 16.2. The van der Waals surface area contributed by atoms with Crippen LogP contribution in [0, 0.1) is 0 Å². The Morgan fingerprint density at radius 2 is 2.08 bits per heavy atom. The van der Waals surface area contributed by atoms with Crippen molar-refractivity contribution in [2.75, 3.05) is 11.9 Å². The summed E-state index contributed by atoms with van der Waals surface area (Å²) in [5, 5.41) is 4.20. The zero-order valence-electron chi connectivity index (χ0n) is 13.3. The molecule has 120 valence electrons. The molecule has 3 aromatic rings. The van der Waals surface area contributed by atoms with Gasteiger partial charge in [-0.15, -0.1) is 0 Å². The number of H-pyrrole nitrogens is 1. The first kappa shape index (κ1) is 13.7. The van der Waals surface area contributed by atoms with Crippen molar-refractivity contribution < 1.29 is 9.53 Å². The lowest BCUT2D eigenvalue weighted by atomic mass is 9.92. The molecule has 1 aliphatic carbocycles. The number of benzene rings is 2. The molecule has 1 amide bonds. The normalized spacial score (nSPS) is 17.3. The largest absolute Gasteiger partial charge is 0.493 e. The molecule has 2 heterocycles. The van der Waals surface area contributed by atoms with Crippen molar-refractivity contribution in [3.05, 3.63) is 59.8 Å². The number of aromatic amines is 1. The van der Waals surface area contributed by atoms with Crippen LogP contribution < -0.4 is 10.1 Å². The van der Waals surface area contributed by atoms with Gasteiger partial charge in [0, 0.05) is 23.5 Å². The van der Waals surface area contributed by atoms with Crippen LogP contribution >= 0.6 is 0 Å². The number of amides is 1. The maximum absolute atomic E-state index is 13.0. The summed E-state index contributed by atoms with van der Waals surface area (Å²) in [5.74, 6) is 1.06. The number of hydrogen-bond acceptors (Lipinski definition) is 2. The second kappa shape index (κ2) is 4.87. The first-order chi connectivity index (χ1) is 11.8. The minimum Gasteiger partial charge on any atom is -0.493 e. The molecule has 4 nitrogen and oxygen atoms in total. The van der Waals surface area contributed by atoms with E-state index in [2.05, 4.69) is 16.4 Å². The van der Waals surface area contributed by atoms with E-state index in [4.69, 9.17) is 4.74 Å². The third-order valence-corrected chi connectivity index (χ3v) is 5.27. The van der Waals surface area contributed by atoms with Crippen LogP contribution in [0.15, 0.2) is 48.7 Å². The number of hydrogen-bond donors (Lipinski definition) is 2. The number of fused-ring (bicyclic) bond motifs is 2. The Labute approximate surface area is 139 Å². The summed E-state index contributed by atoms with van der Waals surface area (Å²) in [7, 11) is 0. The molecule has 2 aliphatic rings. The molecule has 1 fully saturated rings. The van der Waals surface area contributed by atoms with Gasteiger partial charge in [-0.2, -0.15) is 0 Å². The van der Waals surface area contributed by atoms with E-state index in [9.17, 15) is 4.79 Å². The summed E-state index contributed by atoms with van der Waals surface area (Å²) < 4.78 is 5.58. The zero-order valence-corrected chi connectivity index (χ0v) is 13.3. The van der Waals surface area contributed by atoms with Gasteiger partial charge in [-0.3, -0.25) is 4.79 Å². The van der Waals surface area contributed by atoms with E-state index in [0.29, 0.717) is 0 Å². The highest BCUT2D eigenvalue weighted by molar-refractivity contribution is 6.06. The number of rotatable bonds is 3. The van der Waals surface area contributed by atoms with Crippen molar-refractivity contribution in [2.45, 2.75) is 24.7 Å². The zero-order chi connectivity index (χ0) is 16.1. The van der Waals surface area contributed by atoms with Gasteiger partial charge in [0.05, 0.1) is 17.7 Å². The molecule has 2 aromatic carbocycles. The minimum absolute atomic E-state index is 0.0927. The molecule has 0 unspecified atom stereocenters. The minimum atomic E-state index is -0.379. The van der Waals surface area contributed by atoms with Crippen molar-refractivity contribution in [1.82, 2.24) is 4.98 Å². The average molecular weight is 318 g/mol. The number of ether oxygens (including phenoxy) is 1. The van der Waals surface area contributed by atoms with Gasteiger partial charge in [0.25, 0.3) is 0 Å². The smallest absolute Gasteiger partial charge is 0.235 e. The SMILES string of the molecule is O=C(Nc1cccc2[nH]ccc12)C1(c2ccc3c(c2)CCO3)CC1. The van der Waals surface area contributed by atoms with E-state index < -0.39 is 0 Å². The summed E-state index contributed by atoms with van der Waals surface area (Å²) in [6, 6.07) is 14.1. The highest BCUT2D eigenvalue weighted by atomic mass is 16.5. The highest BCUT2D eigenvalue weighted by Crippen LogP contribution is 2.50. The Kier molecular flexibility index (Phi) is 2.77. The molecule has 4 heteroatoms. The molecule has 0 radical (unpaired) electrons. The van der Waals surface area contributed by atoms with Crippen molar-refractivity contribution in [2.24, 2.45) is 0 Å². The van der Waals surface area contributed by atoms with E-state index in [1.807, 2.05) is 42.6 Å². The summed E-state index contributed by atoms with van der Waals surface area (Å²) in [6.45, 7) is 0.744. The Hall–Kier alpha value is -2.75. The quantitative estimate of drug-likeness (QED) is 0.772. The van der Waals surface area contributed by atoms with Crippen molar-refractivity contribution in [1.29, 1.82) is 0 Å². The summed E-state index contributed by atoms with van der Waals surface area (Å²) in [5.41, 5.74) is 3.86. The average Bonchev–Trinajstić information content (AvgIpc) is 3.05. The molecule has 0 spiro atoms. The van der Waals surface area contributed by atoms with Crippen molar-refractivity contribution in [3.63, 3.8) is 0 Å². The van der Waals surface area contributed by atoms with Crippen LogP contribution in [-0.4, -0.2) is 17.5 Å². The molecule has 1 aromatic heterocycles. The van der Waals surface area contributed by atoms with Gasteiger partial charge in [0.15, 0.2) is 0 Å². The van der Waals surface area contributed by atoms with Crippen LogP contribution in [-0.2, 0) is 16.6 Å². The number of aromatic nitrogens is 1. The highest BCUT2D eigenvalue weighted by Gasteiger charge is 2.51. The van der Waals surface area contributed by atoms with E-state index in [-0.39, 0.29) is 11.3 Å². The Balaban J connectivity index is 1.47. The van der Waals surface area contributed by atoms with E-state index in [1.54, 1.807) is 0 Å². The third kappa shape index (κ3) is 1.96. The molecule has 24 heavy (non-hydrogen) atoms. The number of nitrogens with one attached hydrogen (secondary N) is 2. The second-order valence-corrected chi connectivity index (χ2v) is 6.70. The monoisotopic (exact) mass is 318 g/mol. The number of anilines is 1. The van der Waals surface area contributed by atoms with Gasteiger partial charge in [0.2, 0.25) is 5.91 Å². The Morgan fingerprint density at radius 3 is 2.96 bits per heavy atom. The third-order valence-electron chi connectivity index (χ3n) is 5.27. The van der Waals surface area contributed by atoms with Crippen LogP contribution in [0.25, 0.3) is 10.9 Å². The molecule has 0 atom stereocenters. The molecule has 0 bridgehead atoms. The fraction of sp³-hybridized carbons (Fsp3) is 0.250.